The molecule has 1 atom stereocenters. The number of aryl methyl sites for hydroxylation is 1. The third kappa shape index (κ3) is 6.91. The van der Waals surface area contributed by atoms with Crippen molar-refractivity contribution in [3.05, 3.63) is 100 Å². The molecule has 0 N–H and O–H groups in total. The van der Waals surface area contributed by atoms with Gasteiger partial charge in [-0.05, 0) is 42.3 Å². The lowest BCUT2D eigenvalue weighted by molar-refractivity contribution is -0.139. The first-order valence-electron chi connectivity index (χ1n) is 11.9. The fourth-order valence-corrected chi connectivity index (χ4v) is 6.14. The lowest BCUT2D eigenvalue weighted by Gasteiger charge is -2.36. The molecule has 0 aliphatic carbocycles. The molecule has 0 amide bonds. The van der Waals surface area contributed by atoms with Gasteiger partial charge in [0.2, 0.25) is 10.0 Å². The highest BCUT2D eigenvalue weighted by molar-refractivity contribution is 7.89. The molecular weight excluding hydrogens is 525 g/mol. The number of nitrogens with zero attached hydrogens (tertiary/aromatic N) is 2. The predicted octanol–water partition coefficient (Wildman–Crippen LogP) is 5.93. The first-order chi connectivity index (χ1) is 17.5. The molecule has 0 radical (unpaired) electrons. The molecule has 0 unspecified atom stereocenters. The Bertz CT molecular complexity index is 1310. The van der Waals surface area contributed by atoms with Gasteiger partial charge in [-0.2, -0.15) is 17.5 Å². The Morgan fingerprint density at radius 1 is 0.946 bits per heavy atom. The Morgan fingerprint density at radius 2 is 1.62 bits per heavy atom. The van der Waals surface area contributed by atoms with Gasteiger partial charge in [-0.15, -0.1) is 0 Å². The molecule has 198 valence electrons. The summed E-state index contributed by atoms with van der Waals surface area (Å²) in [6.45, 7) is 3.81. The third-order valence-corrected chi connectivity index (χ3v) is 8.55. The molecule has 1 saturated heterocycles. The Labute approximate surface area is 220 Å². The first kappa shape index (κ1) is 27.6. The second-order valence-corrected chi connectivity index (χ2v) is 11.4. The molecule has 0 aromatic heterocycles. The lowest BCUT2D eigenvalue weighted by Crippen LogP contribution is -2.49. The number of rotatable bonds is 8. The summed E-state index contributed by atoms with van der Waals surface area (Å²) in [7, 11) is -4.29. The van der Waals surface area contributed by atoms with Crippen LogP contribution in [0.5, 0.6) is 0 Å². The fourth-order valence-electron chi connectivity index (χ4n) is 4.38. The molecule has 0 spiro atoms. The van der Waals surface area contributed by atoms with Crippen LogP contribution >= 0.6 is 11.6 Å². The summed E-state index contributed by atoms with van der Waals surface area (Å²) in [5, 5.41) is 0.610. The number of piperazine rings is 1. The molecule has 1 heterocycles. The van der Waals surface area contributed by atoms with E-state index in [4.69, 9.17) is 16.3 Å². The number of halogens is 4. The van der Waals surface area contributed by atoms with Crippen LogP contribution in [0.3, 0.4) is 0 Å². The minimum absolute atomic E-state index is 0.0831. The highest BCUT2D eigenvalue weighted by Gasteiger charge is 2.39. The second-order valence-electron chi connectivity index (χ2n) is 9.04. The van der Waals surface area contributed by atoms with Gasteiger partial charge in [0.05, 0.1) is 23.2 Å². The minimum atomic E-state index is -4.76. The quantitative estimate of drug-likeness (QED) is 0.347. The maximum absolute atomic E-state index is 13.4. The van der Waals surface area contributed by atoms with Crippen LogP contribution in [-0.2, 0) is 27.5 Å². The van der Waals surface area contributed by atoms with Gasteiger partial charge in [0, 0.05) is 37.7 Å². The molecule has 10 heteroatoms. The van der Waals surface area contributed by atoms with E-state index >= 15 is 0 Å². The van der Waals surface area contributed by atoms with Gasteiger partial charge in [-0.1, -0.05) is 65.7 Å². The van der Waals surface area contributed by atoms with Crippen molar-refractivity contribution in [2.45, 2.75) is 30.7 Å². The van der Waals surface area contributed by atoms with E-state index in [-0.39, 0.29) is 19.2 Å². The average molecular weight is 553 g/mol. The van der Waals surface area contributed by atoms with Gasteiger partial charge in [-0.25, -0.2) is 8.42 Å². The predicted molar refractivity (Wildman–Crippen MR) is 137 cm³/mol. The normalized spacial score (nSPS) is 16.6. The molecule has 4 rings (SSSR count). The van der Waals surface area contributed by atoms with Gasteiger partial charge in [0.25, 0.3) is 0 Å². The molecule has 1 aliphatic rings. The van der Waals surface area contributed by atoms with Crippen LogP contribution in [0.4, 0.5) is 13.2 Å². The van der Waals surface area contributed by atoms with Crippen molar-refractivity contribution >= 4 is 21.6 Å². The molecule has 1 fully saturated rings. The van der Waals surface area contributed by atoms with Crippen LogP contribution in [0.2, 0.25) is 5.02 Å². The molecular formula is C27H28ClF3N2O3S. The fraction of sp³-hybridized carbons (Fsp3) is 0.333. The highest BCUT2D eigenvalue weighted by atomic mass is 35.5. The smallest absolute Gasteiger partial charge is 0.368 e. The summed E-state index contributed by atoms with van der Waals surface area (Å²) in [5.41, 5.74) is 1.96. The van der Waals surface area contributed by atoms with Crippen LogP contribution in [-0.4, -0.2) is 50.3 Å². The van der Waals surface area contributed by atoms with E-state index in [0.29, 0.717) is 31.3 Å². The Hall–Kier alpha value is -2.43. The number of hydrogen-bond donors (Lipinski definition) is 0. The van der Waals surface area contributed by atoms with Crippen molar-refractivity contribution in [2.75, 3.05) is 32.7 Å². The van der Waals surface area contributed by atoms with Gasteiger partial charge in [0.1, 0.15) is 0 Å². The van der Waals surface area contributed by atoms with E-state index in [9.17, 15) is 21.6 Å². The molecule has 37 heavy (non-hydrogen) atoms. The lowest BCUT2D eigenvalue weighted by atomic mass is 10.1. The SMILES string of the molecule is Cc1cccc(CO[C@@H](CN2CCN(S(=O)(=O)c3ccccc3C(F)(F)F)CC2)c2ccc(Cl)cc2)c1. The first-order valence-corrected chi connectivity index (χ1v) is 13.7. The van der Waals surface area contributed by atoms with Crippen LogP contribution in [0.15, 0.2) is 77.7 Å². The molecule has 3 aromatic rings. The summed E-state index contributed by atoms with van der Waals surface area (Å²) in [6, 6.07) is 19.7. The van der Waals surface area contributed by atoms with Gasteiger partial charge in [0.15, 0.2) is 0 Å². The molecule has 3 aromatic carbocycles. The number of hydrogen-bond acceptors (Lipinski definition) is 4. The third-order valence-electron chi connectivity index (χ3n) is 6.34. The topological polar surface area (TPSA) is 49.9 Å². The van der Waals surface area contributed by atoms with Crippen molar-refractivity contribution < 1.29 is 26.3 Å². The van der Waals surface area contributed by atoms with E-state index in [1.165, 1.54) is 12.1 Å². The van der Waals surface area contributed by atoms with E-state index in [1.54, 1.807) is 12.1 Å². The van der Waals surface area contributed by atoms with Gasteiger partial charge in [-0.3, -0.25) is 4.90 Å². The van der Waals surface area contributed by atoms with Crippen LogP contribution in [0, 0.1) is 6.92 Å². The van der Waals surface area contributed by atoms with E-state index in [1.807, 2.05) is 37.3 Å². The maximum Gasteiger partial charge on any atom is 0.417 e. The monoisotopic (exact) mass is 552 g/mol. The Morgan fingerprint density at radius 3 is 2.27 bits per heavy atom. The van der Waals surface area contributed by atoms with E-state index < -0.39 is 26.7 Å². The summed E-state index contributed by atoms with van der Waals surface area (Å²) < 4.78 is 73.9. The largest absolute Gasteiger partial charge is 0.417 e. The summed E-state index contributed by atoms with van der Waals surface area (Å²) in [4.78, 5) is 1.36. The summed E-state index contributed by atoms with van der Waals surface area (Å²) in [5.74, 6) is 0. The van der Waals surface area contributed by atoms with Crippen molar-refractivity contribution in [1.29, 1.82) is 0 Å². The Kier molecular flexibility index (Phi) is 8.60. The second kappa shape index (κ2) is 11.5. The zero-order valence-corrected chi connectivity index (χ0v) is 21.9. The summed E-state index contributed by atoms with van der Waals surface area (Å²) >= 11 is 6.06. The van der Waals surface area contributed by atoms with Gasteiger partial charge < -0.3 is 4.74 Å². The van der Waals surface area contributed by atoms with Crippen LogP contribution in [0.1, 0.15) is 28.4 Å². The van der Waals surface area contributed by atoms with Crippen molar-refractivity contribution in [3.63, 3.8) is 0 Å². The van der Waals surface area contributed by atoms with Crippen molar-refractivity contribution in [3.8, 4) is 0 Å². The van der Waals surface area contributed by atoms with E-state index in [2.05, 4.69) is 11.0 Å². The van der Waals surface area contributed by atoms with Crippen molar-refractivity contribution in [1.82, 2.24) is 9.21 Å². The van der Waals surface area contributed by atoms with Crippen LogP contribution in [0.25, 0.3) is 0 Å². The zero-order valence-electron chi connectivity index (χ0n) is 20.3. The van der Waals surface area contributed by atoms with E-state index in [0.717, 1.165) is 33.1 Å². The average Bonchev–Trinajstić information content (AvgIpc) is 2.87. The number of sulfonamides is 1. The molecule has 0 bridgehead atoms. The summed E-state index contributed by atoms with van der Waals surface area (Å²) in [6.07, 6.45) is -5.06. The number of ether oxygens (including phenoxy) is 1. The Balaban J connectivity index is 1.45. The maximum atomic E-state index is 13.4. The molecule has 0 saturated carbocycles. The number of benzene rings is 3. The molecule has 5 nitrogen and oxygen atoms in total. The van der Waals surface area contributed by atoms with Crippen molar-refractivity contribution in [2.24, 2.45) is 0 Å². The number of alkyl halides is 3. The highest BCUT2D eigenvalue weighted by Crippen LogP contribution is 2.35. The minimum Gasteiger partial charge on any atom is -0.368 e. The standard InChI is InChI=1S/C27H28ClF3N2O3S/c1-20-5-4-6-21(17-20)19-36-25(22-9-11-23(28)12-10-22)18-32-13-15-33(16-14-32)37(34,35)26-8-3-2-7-24(26)27(29,30)31/h2-12,17,25H,13-16,18-19H2,1H3/t25-/m0/s1. The molecule has 1 aliphatic heterocycles. The van der Waals surface area contributed by atoms with Gasteiger partial charge >= 0.3 is 6.18 Å². The van der Waals surface area contributed by atoms with Crippen LogP contribution < -0.4 is 0 Å². The zero-order chi connectivity index (χ0) is 26.6.